The highest BCUT2D eigenvalue weighted by Crippen LogP contribution is 2.62. The third kappa shape index (κ3) is 5.80. The van der Waals surface area contributed by atoms with Crippen LogP contribution < -0.4 is 9.64 Å². The molecule has 11 aromatic rings. The largest absolute Gasteiger partial charge is 0.457 e. The van der Waals surface area contributed by atoms with Crippen LogP contribution in [0.2, 0.25) is 0 Å². The smallest absolute Gasteiger partial charge is 0.132 e. The summed E-state index contributed by atoms with van der Waals surface area (Å²) in [7, 11) is 0. The van der Waals surface area contributed by atoms with Gasteiger partial charge in [0.2, 0.25) is 0 Å². The second-order valence-corrected chi connectivity index (χ2v) is 18.7. The van der Waals surface area contributed by atoms with Gasteiger partial charge in [0, 0.05) is 28.2 Å². The lowest BCUT2D eigenvalue weighted by molar-refractivity contribution is 0.436. The highest BCUT2D eigenvalue weighted by atomic mass is 16.5. The summed E-state index contributed by atoms with van der Waals surface area (Å²) in [5.74, 6) is 1.80. The van der Waals surface area contributed by atoms with Crippen LogP contribution >= 0.6 is 0 Å². The van der Waals surface area contributed by atoms with Crippen LogP contribution in [0.5, 0.6) is 11.5 Å². The molecule has 3 aliphatic rings. The van der Waals surface area contributed by atoms with E-state index < -0.39 is 10.8 Å². The second kappa shape index (κ2) is 15.8. The van der Waals surface area contributed by atoms with Crippen molar-refractivity contribution in [2.75, 3.05) is 4.90 Å². The van der Waals surface area contributed by atoms with Crippen molar-refractivity contribution in [1.82, 2.24) is 0 Å². The number of ether oxygens (including phenoxy) is 1. The van der Waals surface area contributed by atoms with Crippen molar-refractivity contribution < 1.29 is 4.74 Å². The van der Waals surface area contributed by atoms with Gasteiger partial charge in [-0.05, 0) is 139 Å². The summed E-state index contributed by atoms with van der Waals surface area (Å²) in [4.78, 5) is 2.35. The van der Waals surface area contributed by atoms with Crippen LogP contribution in [0.15, 0.2) is 273 Å². The average molecular weight is 892 g/mol. The number of hydrogen-bond donors (Lipinski definition) is 0. The predicted molar refractivity (Wildman–Crippen MR) is 287 cm³/mol. The number of hydrogen-bond acceptors (Lipinski definition) is 2. The molecule has 1 spiro atoms. The van der Waals surface area contributed by atoms with Gasteiger partial charge in [-0.1, -0.05) is 212 Å². The van der Waals surface area contributed by atoms with E-state index in [0.717, 1.165) is 34.1 Å². The number of benzene rings is 11. The Morgan fingerprint density at radius 1 is 0.243 bits per heavy atom. The zero-order chi connectivity index (χ0) is 46.2. The van der Waals surface area contributed by atoms with E-state index in [1.54, 1.807) is 0 Å². The van der Waals surface area contributed by atoms with Crippen LogP contribution in [0.1, 0.15) is 44.5 Å². The van der Waals surface area contributed by atoms with Crippen molar-refractivity contribution in [2.45, 2.75) is 10.8 Å². The highest BCUT2D eigenvalue weighted by molar-refractivity contribution is 5.92. The van der Waals surface area contributed by atoms with Gasteiger partial charge in [0.05, 0.1) is 10.8 Å². The molecule has 11 aromatic carbocycles. The quantitative estimate of drug-likeness (QED) is 0.158. The Kier molecular flexibility index (Phi) is 9.06. The minimum Gasteiger partial charge on any atom is -0.457 e. The molecule has 0 N–H and O–H groups in total. The molecule has 0 bridgehead atoms. The second-order valence-electron chi connectivity index (χ2n) is 18.7. The normalized spacial score (nSPS) is 13.8. The zero-order valence-electron chi connectivity index (χ0n) is 38.3. The lowest BCUT2D eigenvalue weighted by Crippen LogP contribution is -2.32. The van der Waals surface area contributed by atoms with Crippen molar-refractivity contribution in [3.8, 4) is 56.0 Å². The first-order valence-electron chi connectivity index (χ1n) is 24.2. The summed E-state index contributed by atoms with van der Waals surface area (Å²) in [5.41, 5.74) is 22.2. The molecule has 0 unspecified atom stereocenters. The molecule has 0 atom stereocenters. The Labute approximate surface area is 409 Å². The van der Waals surface area contributed by atoms with Crippen molar-refractivity contribution in [2.24, 2.45) is 0 Å². The van der Waals surface area contributed by atoms with Crippen LogP contribution in [0.25, 0.3) is 44.5 Å². The summed E-state index contributed by atoms with van der Waals surface area (Å²) >= 11 is 0. The van der Waals surface area contributed by atoms with Gasteiger partial charge in [0.15, 0.2) is 0 Å². The first kappa shape index (κ1) is 40.1. The minimum atomic E-state index is -0.513. The standard InChI is InChI=1S/C68H45NO/c1-4-18-50(19-5-1)67(51-20-6-2-7-21-51)59-26-12-10-24-55(59)57-42-36-48(44-63(57)67)46-32-38-53(39-33-46)69(52-22-8-3-9-23-52)54-40-34-47(35-41-54)49-37-43-58-56-25-11-13-27-60(56)68(64(58)45-49)61-28-14-16-30-65(61)70-66-31-17-15-29-62(66)68/h1-45H. The van der Waals surface area contributed by atoms with E-state index in [0.29, 0.717) is 0 Å². The Hall–Kier alpha value is -8.98. The summed E-state index contributed by atoms with van der Waals surface area (Å²) in [5, 5.41) is 0. The molecule has 0 aromatic heterocycles. The molecule has 0 saturated carbocycles. The molecular weight excluding hydrogens is 847 g/mol. The molecule has 2 aliphatic carbocycles. The monoisotopic (exact) mass is 891 g/mol. The zero-order valence-corrected chi connectivity index (χ0v) is 38.3. The molecule has 1 heterocycles. The van der Waals surface area contributed by atoms with Gasteiger partial charge < -0.3 is 9.64 Å². The number of nitrogens with zero attached hydrogens (tertiary/aromatic N) is 1. The first-order chi connectivity index (χ1) is 34.7. The lowest BCUT2D eigenvalue weighted by atomic mass is 9.66. The molecule has 328 valence electrons. The topological polar surface area (TPSA) is 12.5 Å². The van der Waals surface area contributed by atoms with Crippen LogP contribution in [0, 0.1) is 0 Å². The van der Waals surface area contributed by atoms with Crippen molar-refractivity contribution in [1.29, 1.82) is 0 Å². The fourth-order valence-electron chi connectivity index (χ4n) is 12.3. The van der Waals surface area contributed by atoms with Gasteiger partial charge in [0.1, 0.15) is 11.5 Å². The maximum atomic E-state index is 6.61. The number of fused-ring (bicyclic) bond motifs is 12. The van der Waals surface area contributed by atoms with Crippen molar-refractivity contribution in [3.63, 3.8) is 0 Å². The van der Waals surface area contributed by atoms with Crippen molar-refractivity contribution >= 4 is 17.1 Å². The molecule has 0 saturated heterocycles. The molecule has 0 radical (unpaired) electrons. The van der Waals surface area contributed by atoms with Crippen LogP contribution in [0.4, 0.5) is 17.1 Å². The summed E-state index contributed by atoms with van der Waals surface area (Å²) < 4.78 is 6.61. The molecule has 2 nitrogen and oxygen atoms in total. The molecule has 0 amide bonds. The third-order valence-electron chi connectivity index (χ3n) is 15.2. The highest BCUT2D eigenvalue weighted by Gasteiger charge is 2.51. The van der Waals surface area contributed by atoms with E-state index in [2.05, 4.69) is 278 Å². The number of anilines is 3. The SMILES string of the molecule is c1ccc(N(c2ccc(-c3ccc4c(c3)C(c3ccccc3)(c3ccccc3)c3ccccc3-4)cc2)c2ccc(-c3ccc4c(c3)C3(c5ccccc5Oc5ccccc53)c3ccccc3-4)cc2)cc1. The van der Waals surface area contributed by atoms with Gasteiger partial charge in [-0.2, -0.15) is 0 Å². The van der Waals surface area contributed by atoms with Crippen molar-refractivity contribution in [3.05, 3.63) is 317 Å². The molecule has 70 heavy (non-hydrogen) atoms. The Morgan fingerprint density at radius 2 is 0.586 bits per heavy atom. The molecular formula is C68H45NO. The van der Waals surface area contributed by atoms with E-state index in [1.807, 2.05) is 0 Å². The third-order valence-corrected chi connectivity index (χ3v) is 15.2. The molecule has 1 aliphatic heterocycles. The Morgan fingerprint density at radius 3 is 1.07 bits per heavy atom. The van der Waals surface area contributed by atoms with Crippen LogP contribution in [0.3, 0.4) is 0 Å². The van der Waals surface area contributed by atoms with Gasteiger partial charge in [-0.3, -0.25) is 0 Å². The van der Waals surface area contributed by atoms with Gasteiger partial charge in [-0.25, -0.2) is 0 Å². The lowest BCUT2D eigenvalue weighted by Gasteiger charge is -2.39. The number of rotatable bonds is 7. The first-order valence-corrected chi connectivity index (χ1v) is 24.2. The summed E-state index contributed by atoms with van der Waals surface area (Å²) in [6, 6.07) is 100. The van der Waals surface area contributed by atoms with Crippen LogP contribution in [-0.2, 0) is 10.8 Å². The maximum Gasteiger partial charge on any atom is 0.132 e. The average Bonchev–Trinajstić information content (AvgIpc) is 3.90. The van der Waals surface area contributed by atoms with E-state index in [1.165, 1.54) is 83.5 Å². The van der Waals surface area contributed by atoms with E-state index in [4.69, 9.17) is 4.74 Å². The predicted octanol–water partition coefficient (Wildman–Crippen LogP) is 17.3. The maximum absolute atomic E-state index is 6.61. The Balaban J connectivity index is 0.843. The fraction of sp³-hybridized carbons (Fsp3) is 0.0294. The Bertz CT molecular complexity index is 3700. The van der Waals surface area contributed by atoms with E-state index in [-0.39, 0.29) is 0 Å². The van der Waals surface area contributed by atoms with E-state index >= 15 is 0 Å². The van der Waals surface area contributed by atoms with Gasteiger partial charge in [-0.15, -0.1) is 0 Å². The van der Waals surface area contributed by atoms with E-state index in [9.17, 15) is 0 Å². The van der Waals surface area contributed by atoms with Gasteiger partial charge in [0.25, 0.3) is 0 Å². The molecule has 0 fully saturated rings. The molecule has 14 rings (SSSR count). The summed E-state index contributed by atoms with van der Waals surface area (Å²) in [6.07, 6.45) is 0. The number of para-hydroxylation sites is 3. The van der Waals surface area contributed by atoms with Crippen LogP contribution in [-0.4, -0.2) is 0 Å². The van der Waals surface area contributed by atoms with Gasteiger partial charge >= 0.3 is 0 Å². The fourth-order valence-corrected chi connectivity index (χ4v) is 12.3. The minimum absolute atomic E-state index is 0.450. The molecule has 2 heteroatoms. The summed E-state index contributed by atoms with van der Waals surface area (Å²) in [6.45, 7) is 0.